The average Bonchev–Trinajstić information content (AvgIpc) is 2.72. The highest BCUT2D eigenvalue weighted by atomic mass is 32.2. The van der Waals surface area contributed by atoms with Gasteiger partial charge in [-0.3, -0.25) is 9.71 Å². The molecule has 0 spiro atoms. The van der Waals surface area contributed by atoms with Crippen molar-refractivity contribution in [3.05, 3.63) is 89.2 Å². The highest BCUT2D eigenvalue weighted by Crippen LogP contribution is 2.26. The van der Waals surface area contributed by atoms with Gasteiger partial charge in [-0.2, -0.15) is 0 Å². The number of halogens is 4. The first-order valence-corrected chi connectivity index (χ1v) is 10.9. The molecule has 0 aliphatic carbocycles. The summed E-state index contributed by atoms with van der Waals surface area (Å²) in [6.45, 7) is 0.524. The van der Waals surface area contributed by atoms with Gasteiger partial charge in [-0.25, -0.2) is 12.8 Å². The van der Waals surface area contributed by atoms with Gasteiger partial charge in [0.25, 0.3) is 10.0 Å². The summed E-state index contributed by atoms with van der Waals surface area (Å²) in [4.78, 5) is 4.25. The summed E-state index contributed by atoms with van der Waals surface area (Å²) in [5.41, 5.74) is 2.98. The van der Waals surface area contributed by atoms with Crippen LogP contribution in [0.25, 0.3) is 0 Å². The summed E-state index contributed by atoms with van der Waals surface area (Å²) in [5, 5.41) is 0. The topological polar surface area (TPSA) is 67.8 Å². The molecule has 0 aromatic heterocycles. The lowest BCUT2D eigenvalue weighted by Crippen LogP contribution is -2.17. The summed E-state index contributed by atoms with van der Waals surface area (Å²) in [6.07, 6.45) is -4.19. The van der Waals surface area contributed by atoms with E-state index in [1.165, 1.54) is 18.2 Å². The standard InChI is InChI=1S/C22H16F4N2O3S/c23-16-5-4-14-10-11-27-21(20(14)13-16)15-2-1-3-17(12-15)28-32(29,30)19-8-6-18(7-9-19)31-22(24,25)26/h1-9,12-13,28H,10-11H2. The van der Waals surface area contributed by atoms with Gasteiger partial charge >= 0.3 is 6.36 Å². The van der Waals surface area contributed by atoms with Crippen molar-refractivity contribution in [1.82, 2.24) is 0 Å². The Bertz CT molecular complexity index is 1290. The summed E-state index contributed by atoms with van der Waals surface area (Å²) in [7, 11) is -4.08. The number of hydrogen-bond donors (Lipinski definition) is 1. The molecule has 0 radical (unpaired) electrons. The molecule has 10 heteroatoms. The van der Waals surface area contributed by atoms with Crippen LogP contribution in [0.2, 0.25) is 0 Å². The number of aliphatic imine (C=N–C) groups is 1. The van der Waals surface area contributed by atoms with Crippen LogP contribution in [0.5, 0.6) is 5.75 Å². The summed E-state index contributed by atoms with van der Waals surface area (Å²) in [6, 6.07) is 14.8. The highest BCUT2D eigenvalue weighted by Gasteiger charge is 2.31. The van der Waals surface area contributed by atoms with Crippen molar-refractivity contribution in [2.45, 2.75) is 17.7 Å². The van der Waals surface area contributed by atoms with Crippen LogP contribution >= 0.6 is 0 Å². The molecule has 0 bridgehead atoms. The Labute approximate surface area is 181 Å². The Morgan fingerprint density at radius 2 is 1.72 bits per heavy atom. The molecule has 1 heterocycles. The van der Waals surface area contributed by atoms with Crippen LogP contribution in [0.1, 0.15) is 16.7 Å². The molecule has 4 rings (SSSR count). The molecule has 166 valence electrons. The van der Waals surface area contributed by atoms with Crippen LogP contribution < -0.4 is 9.46 Å². The zero-order valence-corrected chi connectivity index (χ0v) is 17.2. The van der Waals surface area contributed by atoms with E-state index in [9.17, 15) is 26.0 Å². The number of anilines is 1. The number of sulfonamides is 1. The van der Waals surface area contributed by atoms with Crippen molar-refractivity contribution in [3.63, 3.8) is 0 Å². The third-order valence-corrected chi connectivity index (χ3v) is 6.13. The molecule has 1 aliphatic heterocycles. The summed E-state index contributed by atoms with van der Waals surface area (Å²) >= 11 is 0. The molecule has 0 saturated heterocycles. The highest BCUT2D eigenvalue weighted by molar-refractivity contribution is 7.92. The molecule has 3 aromatic rings. The number of nitrogens with zero attached hydrogens (tertiary/aromatic N) is 1. The van der Waals surface area contributed by atoms with E-state index in [0.717, 1.165) is 29.8 Å². The Kier molecular flexibility index (Phi) is 5.64. The van der Waals surface area contributed by atoms with Gasteiger partial charge in [0.1, 0.15) is 11.6 Å². The number of nitrogens with one attached hydrogen (secondary N) is 1. The second-order valence-corrected chi connectivity index (χ2v) is 8.67. The Balaban J connectivity index is 1.58. The van der Waals surface area contributed by atoms with Gasteiger partial charge in [0.05, 0.1) is 10.6 Å². The van der Waals surface area contributed by atoms with Gasteiger partial charge in [0.2, 0.25) is 0 Å². The van der Waals surface area contributed by atoms with Crippen molar-refractivity contribution < 1.29 is 30.7 Å². The maximum atomic E-state index is 13.8. The Hall–Kier alpha value is -3.40. The first kappa shape index (κ1) is 21.8. The minimum Gasteiger partial charge on any atom is -0.406 e. The van der Waals surface area contributed by atoms with E-state index in [1.54, 1.807) is 24.3 Å². The molecule has 1 aliphatic rings. The van der Waals surface area contributed by atoms with E-state index in [4.69, 9.17) is 0 Å². The third kappa shape index (κ3) is 4.91. The van der Waals surface area contributed by atoms with Gasteiger partial charge in [0.15, 0.2) is 0 Å². The first-order valence-electron chi connectivity index (χ1n) is 9.43. The molecule has 0 unspecified atom stereocenters. The largest absolute Gasteiger partial charge is 0.573 e. The van der Waals surface area contributed by atoms with E-state index >= 15 is 0 Å². The van der Waals surface area contributed by atoms with E-state index in [2.05, 4.69) is 14.5 Å². The molecule has 3 aromatic carbocycles. The quantitative estimate of drug-likeness (QED) is 0.545. The third-order valence-electron chi connectivity index (χ3n) is 4.73. The second kappa shape index (κ2) is 8.27. The monoisotopic (exact) mass is 464 g/mol. The van der Waals surface area contributed by atoms with E-state index in [1.807, 2.05) is 0 Å². The molecule has 5 nitrogen and oxygen atoms in total. The lowest BCUT2D eigenvalue weighted by molar-refractivity contribution is -0.274. The molecule has 0 fully saturated rings. The number of ether oxygens (including phenoxy) is 1. The van der Waals surface area contributed by atoms with Gasteiger partial charge in [0, 0.05) is 23.4 Å². The van der Waals surface area contributed by atoms with Crippen molar-refractivity contribution in [2.24, 2.45) is 4.99 Å². The lowest BCUT2D eigenvalue weighted by Gasteiger charge is -2.18. The minimum atomic E-state index is -4.87. The van der Waals surface area contributed by atoms with Crippen LogP contribution in [-0.2, 0) is 16.4 Å². The SMILES string of the molecule is O=S(=O)(Nc1cccc(C2=NCCc3ccc(F)cc32)c1)c1ccc(OC(F)(F)F)cc1. The zero-order chi connectivity index (χ0) is 22.9. The molecule has 0 saturated carbocycles. The lowest BCUT2D eigenvalue weighted by atomic mass is 9.93. The fraction of sp³-hybridized carbons (Fsp3) is 0.136. The molecule has 0 atom stereocenters. The Morgan fingerprint density at radius 1 is 0.969 bits per heavy atom. The summed E-state index contributed by atoms with van der Waals surface area (Å²) < 4.78 is 82.1. The van der Waals surface area contributed by atoms with Gasteiger partial charge in [-0.05, 0) is 60.5 Å². The fourth-order valence-corrected chi connectivity index (χ4v) is 4.42. The first-order chi connectivity index (χ1) is 15.1. The second-order valence-electron chi connectivity index (χ2n) is 6.99. The smallest absolute Gasteiger partial charge is 0.406 e. The van der Waals surface area contributed by atoms with Crippen molar-refractivity contribution >= 4 is 21.4 Å². The van der Waals surface area contributed by atoms with E-state index in [0.29, 0.717) is 29.8 Å². The average molecular weight is 464 g/mol. The van der Waals surface area contributed by atoms with Crippen LogP contribution in [-0.4, -0.2) is 27.0 Å². The minimum absolute atomic E-state index is 0.226. The molecular weight excluding hydrogens is 448 g/mol. The number of alkyl halides is 3. The predicted octanol–water partition coefficient (Wildman–Crippen LogP) is 4.92. The predicted molar refractivity (Wildman–Crippen MR) is 111 cm³/mol. The van der Waals surface area contributed by atoms with Crippen molar-refractivity contribution in [2.75, 3.05) is 11.3 Å². The zero-order valence-electron chi connectivity index (χ0n) is 16.4. The molecule has 32 heavy (non-hydrogen) atoms. The van der Waals surface area contributed by atoms with Crippen molar-refractivity contribution in [3.8, 4) is 5.75 Å². The molecular formula is C22H16F4N2O3S. The number of benzene rings is 3. The van der Waals surface area contributed by atoms with Crippen molar-refractivity contribution in [1.29, 1.82) is 0 Å². The molecule has 1 N–H and O–H groups in total. The normalized spacial score (nSPS) is 13.8. The number of fused-ring (bicyclic) bond motifs is 1. The molecule has 0 amide bonds. The van der Waals surface area contributed by atoms with Gasteiger partial charge < -0.3 is 4.74 Å². The van der Waals surface area contributed by atoms with E-state index < -0.39 is 28.0 Å². The maximum Gasteiger partial charge on any atom is 0.573 e. The van der Waals surface area contributed by atoms with E-state index in [-0.39, 0.29) is 10.6 Å². The van der Waals surface area contributed by atoms with Crippen LogP contribution in [0.15, 0.2) is 76.6 Å². The maximum absolute atomic E-state index is 13.8. The number of hydrogen-bond acceptors (Lipinski definition) is 4. The van der Waals surface area contributed by atoms with Crippen LogP contribution in [0.3, 0.4) is 0 Å². The fourth-order valence-electron chi connectivity index (χ4n) is 3.37. The van der Waals surface area contributed by atoms with Gasteiger partial charge in [-0.15, -0.1) is 13.2 Å². The Morgan fingerprint density at radius 3 is 2.44 bits per heavy atom. The van der Waals surface area contributed by atoms with Crippen LogP contribution in [0, 0.1) is 5.82 Å². The van der Waals surface area contributed by atoms with Gasteiger partial charge in [-0.1, -0.05) is 18.2 Å². The number of rotatable bonds is 5. The summed E-state index contributed by atoms with van der Waals surface area (Å²) in [5.74, 6) is -0.923. The van der Waals surface area contributed by atoms with Crippen LogP contribution in [0.4, 0.5) is 23.2 Å².